The molecule has 0 saturated carbocycles. The smallest absolute Gasteiger partial charge is 0.341 e. The van der Waals surface area contributed by atoms with Crippen LogP contribution in [-0.4, -0.2) is 35.9 Å². The Hall–Kier alpha value is -1.59. The molecule has 0 aliphatic heterocycles. The maximum absolute atomic E-state index is 13.3. The van der Waals surface area contributed by atoms with Crippen molar-refractivity contribution in [3.05, 3.63) is 45.3 Å². The molecule has 1 rings (SSSR count). The van der Waals surface area contributed by atoms with Crippen LogP contribution in [0.4, 0.5) is 4.39 Å². The monoisotopic (exact) mass is 305 g/mol. The van der Waals surface area contributed by atoms with E-state index in [1.807, 2.05) is 0 Å². The third-order valence-corrected chi connectivity index (χ3v) is 2.72. The third-order valence-electron chi connectivity index (χ3n) is 2.12. The summed E-state index contributed by atoms with van der Waals surface area (Å²) < 4.78 is 13.3. The summed E-state index contributed by atoms with van der Waals surface area (Å²) in [6.07, 6.45) is 1.12. The van der Waals surface area contributed by atoms with Gasteiger partial charge in [-0.05, 0) is 12.1 Å². The van der Waals surface area contributed by atoms with Gasteiger partial charge in [0.1, 0.15) is 11.4 Å². The molecule has 1 aromatic rings. The Labute approximate surface area is 119 Å². The molecule has 0 heterocycles. The first kappa shape index (κ1) is 15.5. The van der Waals surface area contributed by atoms with E-state index in [1.165, 1.54) is 4.90 Å². The summed E-state index contributed by atoms with van der Waals surface area (Å²) in [5.74, 6) is -3.16. The molecule has 0 saturated heterocycles. The Bertz CT molecular complexity index is 570. The fraction of sp³-hybridized carbons (Fsp3) is 0.167. The highest BCUT2D eigenvalue weighted by Crippen LogP contribution is 2.26. The molecule has 0 amide bonds. The van der Waals surface area contributed by atoms with E-state index in [-0.39, 0.29) is 15.6 Å². The van der Waals surface area contributed by atoms with Crippen LogP contribution in [0.15, 0.2) is 23.9 Å². The quantitative estimate of drug-likeness (QED) is 0.305. The molecule has 0 atom stereocenters. The van der Waals surface area contributed by atoms with Crippen LogP contribution in [0.25, 0.3) is 0 Å². The third kappa shape index (κ3) is 3.68. The standard InChI is InChI=1S/C12H10Cl2FNO3/c1-16(2)5-7(12(18)19)11(17)6-3-10(15)9(14)4-8(6)13/h3-5H,1-2H3,(H,18,19)/b7-5-. The predicted molar refractivity (Wildman–Crippen MR) is 70.2 cm³/mol. The summed E-state index contributed by atoms with van der Waals surface area (Å²) in [6, 6.07) is 1.88. The lowest BCUT2D eigenvalue weighted by Crippen LogP contribution is -2.17. The molecule has 0 fully saturated rings. The molecule has 0 aliphatic carbocycles. The minimum Gasteiger partial charge on any atom is -0.477 e. The van der Waals surface area contributed by atoms with Gasteiger partial charge >= 0.3 is 5.97 Å². The molecule has 0 aromatic heterocycles. The number of carboxylic acid groups (broad SMARTS) is 1. The fourth-order valence-electron chi connectivity index (χ4n) is 1.31. The summed E-state index contributed by atoms with van der Waals surface area (Å²) in [6.45, 7) is 0. The highest BCUT2D eigenvalue weighted by Gasteiger charge is 2.23. The van der Waals surface area contributed by atoms with Crippen molar-refractivity contribution >= 4 is 35.0 Å². The Kier molecular flexibility index (Phi) is 4.91. The van der Waals surface area contributed by atoms with Crippen LogP contribution in [0.5, 0.6) is 0 Å². The summed E-state index contributed by atoms with van der Waals surface area (Å²) in [4.78, 5) is 24.5. The summed E-state index contributed by atoms with van der Waals surface area (Å²) in [7, 11) is 3.11. The maximum Gasteiger partial charge on any atom is 0.341 e. The van der Waals surface area contributed by atoms with Crippen molar-refractivity contribution in [1.29, 1.82) is 0 Å². The Morgan fingerprint density at radius 3 is 2.32 bits per heavy atom. The number of halogens is 3. The molecule has 19 heavy (non-hydrogen) atoms. The first-order valence-corrected chi connectivity index (χ1v) is 5.80. The lowest BCUT2D eigenvalue weighted by atomic mass is 10.0. The highest BCUT2D eigenvalue weighted by atomic mass is 35.5. The normalized spacial score (nSPS) is 11.3. The molecular weight excluding hydrogens is 296 g/mol. The Morgan fingerprint density at radius 2 is 1.84 bits per heavy atom. The zero-order valence-corrected chi connectivity index (χ0v) is 11.6. The number of aliphatic carboxylic acids is 1. The second-order valence-electron chi connectivity index (χ2n) is 3.89. The van der Waals surface area contributed by atoms with Crippen molar-refractivity contribution in [2.24, 2.45) is 0 Å². The number of carbonyl (C=O) groups is 2. The zero-order valence-electron chi connectivity index (χ0n) is 10.1. The Morgan fingerprint density at radius 1 is 1.26 bits per heavy atom. The lowest BCUT2D eigenvalue weighted by Gasteiger charge is -2.09. The van der Waals surface area contributed by atoms with Gasteiger partial charge in [-0.3, -0.25) is 4.79 Å². The number of hydrogen-bond donors (Lipinski definition) is 1. The van der Waals surface area contributed by atoms with Gasteiger partial charge in [-0.15, -0.1) is 0 Å². The number of carbonyl (C=O) groups excluding carboxylic acids is 1. The molecule has 7 heteroatoms. The van der Waals surface area contributed by atoms with Gasteiger partial charge in [-0.2, -0.15) is 0 Å². The molecule has 0 radical (unpaired) electrons. The van der Waals surface area contributed by atoms with E-state index < -0.39 is 23.1 Å². The van der Waals surface area contributed by atoms with E-state index in [1.54, 1.807) is 14.1 Å². The van der Waals surface area contributed by atoms with Crippen molar-refractivity contribution in [3.63, 3.8) is 0 Å². The van der Waals surface area contributed by atoms with Crippen LogP contribution < -0.4 is 0 Å². The van der Waals surface area contributed by atoms with E-state index in [9.17, 15) is 14.0 Å². The SMILES string of the molecule is CN(C)/C=C(\C(=O)O)C(=O)c1cc(F)c(Cl)cc1Cl. The number of carboxylic acids is 1. The van der Waals surface area contributed by atoms with E-state index in [2.05, 4.69) is 0 Å². The van der Waals surface area contributed by atoms with Gasteiger partial charge in [-0.1, -0.05) is 23.2 Å². The zero-order chi connectivity index (χ0) is 14.7. The van der Waals surface area contributed by atoms with Crippen molar-refractivity contribution in [2.45, 2.75) is 0 Å². The van der Waals surface area contributed by atoms with Crippen LogP contribution in [0, 0.1) is 5.82 Å². The molecule has 0 spiro atoms. The van der Waals surface area contributed by atoms with E-state index in [0.29, 0.717) is 0 Å². The molecule has 0 aliphatic rings. The van der Waals surface area contributed by atoms with Gasteiger partial charge in [0.2, 0.25) is 5.78 Å². The van der Waals surface area contributed by atoms with Crippen LogP contribution in [0.1, 0.15) is 10.4 Å². The average molecular weight is 306 g/mol. The maximum atomic E-state index is 13.3. The minimum absolute atomic E-state index is 0.109. The topological polar surface area (TPSA) is 57.6 Å². The van der Waals surface area contributed by atoms with Crippen LogP contribution in [-0.2, 0) is 4.79 Å². The number of hydrogen-bond acceptors (Lipinski definition) is 3. The van der Waals surface area contributed by atoms with Crippen LogP contribution in [0.3, 0.4) is 0 Å². The van der Waals surface area contributed by atoms with E-state index in [4.69, 9.17) is 28.3 Å². The van der Waals surface area contributed by atoms with Crippen molar-refractivity contribution in [3.8, 4) is 0 Å². The molecule has 0 unspecified atom stereocenters. The van der Waals surface area contributed by atoms with E-state index >= 15 is 0 Å². The Balaban J connectivity index is 3.33. The minimum atomic E-state index is -1.43. The molecular formula is C12H10Cl2FNO3. The van der Waals surface area contributed by atoms with E-state index in [0.717, 1.165) is 18.3 Å². The number of Topliss-reactive ketones (excluding diaryl/α,β-unsaturated/α-hetero) is 1. The molecule has 1 aromatic carbocycles. The van der Waals surface area contributed by atoms with Crippen LogP contribution in [0.2, 0.25) is 10.0 Å². The second-order valence-corrected chi connectivity index (χ2v) is 4.70. The van der Waals surface area contributed by atoms with Gasteiger partial charge in [0.15, 0.2) is 0 Å². The van der Waals surface area contributed by atoms with Gasteiger partial charge in [-0.25, -0.2) is 9.18 Å². The second kappa shape index (κ2) is 6.04. The van der Waals surface area contributed by atoms with Gasteiger partial charge in [0, 0.05) is 25.9 Å². The number of benzene rings is 1. The molecule has 0 bridgehead atoms. The largest absolute Gasteiger partial charge is 0.477 e. The van der Waals surface area contributed by atoms with Gasteiger partial charge in [0.25, 0.3) is 0 Å². The lowest BCUT2D eigenvalue weighted by molar-refractivity contribution is -0.132. The number of rotatable bonds is 4. The molecule has 4 nitrogen and oxygen atoms in total. The average Bonchev–Trinajstić information content (AvgIpc) is 2.29. The highest BCUT2D eigenvalue weighted by molar-refractivity contribution is 6.38. The first-order valence-electron chi connectivity index (χ1n) is 5.04. The van der Waals surface area contributed by atoms with Gasteiger partial charge < -0.3 is 10.0 Å². The van der Waals surface area contributed by atoms with Crippen LogP contribution >= 0.6 is 23.2 Å². The van der Waals surface area contributed by atoms with Crippen molar-refractivity contribution in [1.82, 2.24) is 4.90 Å². The molecule has 102 valence electrons. The fourth-order valence-corrected chi connectivity index (χ4v) is 1.78. The number of nitrogens with zero attached hydrogens (tertiary/aromatic N) is 1. The van der Waals surface area contributed by atoms with Gasteiger partial charge in [0.05, 0.1) is 10.0 Å². The summed E-state index contributed by atoms with van der Waals surface area (Å²) in [5, 5.41) is 8.64. The molecule has 1 N–H and O–H groups in total. The first-order chi connectivity index (χ1) is 8.73. The van der Waals surface area contributed by atoms with Crippen molar-refractivity contribution < 1.29 is 19.1 Å². The summed E-state index contributed by atoms with van der Waals surface area (Å²) in [5.41, 5.74) is -0.771. The summed E-state index contributed by atoms with van der Waals surface area (Å²) >= 11 is 11.3. The number of ketones is 1. The van der Waals surface area contributed by atoms with Crippen molar-refractivity contribution in [2.75, 3.05) is 14.1 Å². The predicted octanol–water partition coefficient (Wildman–Crippen LogP) is 2.85.